The Labute approximate surface area is 187 Å². The lowest BCUT2D eigenvalue weighted by Crippen LogP contribution is -2.29. The summed E-state index contributed by atoms with van der Waals surface area (Å²) in [7, 11) is -0.262. The Morgan fingerprint density at radius 1 is 1.00 bits per heavy atom. The molecule has 0 radical (unpaired) electrons. The van der Waals surface area contributed by atoms with E-state index in [-0.39, 0.29) is 10.5 Å². The van der Waals surface area contributed by atoms with Crippen LogP contribution in [0.5, 0.6) is 0 Å². The van der Waals surface area contributed by atoms with E-state index >= 15 is 0 Å². The van der Waals surface area contributed by atoms with E-state index in [1.54, 1.807) is 12.1 Å². The van der Waals surface area contributed by atoms with Crippen LogP contribution < -0.4 is 0 Å². The molecular weight excluding hydrogens is 426 g/mol. The predicted molar refractivity (Wildman–Crippen MR) is 124 cm³/mol. The number of hydrogen-bond acceptors (Lipinski definition) is 2. The van der Waals surface area contributed by atoms with Crippen molar-refractivity contribution in [2.24, 2.45) is 0 Å². The number of thiophene rings is 1. The van der Waals surface area contributed by atoms with Crippen molar-refractivity contribution < 1.29 is 18.3 Å². The molecule has 5 heteroatoms. The van der Waals surface area contributed by atoms with Crippen LogP contribution in [0.2, 0.25) is 0 Å². The first-order valence-corrected chi connectivity index (χ1v) is 11.7. The fraction of sp³-hybridized carbons (Fsp3) is 0.148. The standard InChI is InChI=1S/C27H21F2O2S/c1-18-17-32(25-10-3-2-9-24(18)25)23-8-6-7-19(13-23)26(30)31-27(11-4-5-12-27)20-14-21(28)16-22(29)15-20/h2-4,6-11,13-17H,5,12H2,1H3/q+1. The Hall–Kier alpha value is -3.31. The number of carbonyl (C=O) groups excluding carboxylic acids is 1. The van der Waals surface area contributed by atoms with Crippen LogP contribution in [0.3, 0.4) is 0 Å². The summed E-state index contributed by atoms with van der Waals surface area (Å²) in [6, 6.07) is 19.0. The fourth-order valence-corrected chi connectivity index (χ4v) is 6.47. The molecule has 3 aromatic carbocycles. The van der Waals surface area contributed by atoms with Crippen LogP contribution in [0.4, 0.5) is 8.78 Å². The zero-order chi connectivity index (χ0) is 22.3. The molecule has 1 aliphatic rings. The Kier molecular flexibility index (Phi) is 5.14. The average molecular weight is 448 g/mol. The van der Waals surface area contributed by atoms with Gasteiger partial charge in [-0.2, -0.15) is 0 Å². The molecule has 0 amide bonds. The molecule has 0 aliphatic heterocycles. The number of allylic oxidation sites excluding steroid dienone is 1. The van der Waals surface area contributed by atoms with Crippen molar-refractivity contribution in [3.05, 3.63) is 113 Å². The quantitative estimate of drug-likeness (QED) is 0.183. The van der Waals surface area contributed by atoms with Gasteiger partial charge in [0.25, 0.3) is 0 Å². The summed E-state index contributed by atoms with van der Waals surface area (Å²) in [5, 5.41) is 3.46. The molecule has 2 unspecified atom stereocenters. The summed E-state index contributed by atoms with van der Waals surface area (Å²) in [6.45, 7) is 2.10. The van der Waals surface area contributed by atoms with Crippen LogP contribution >= 0.6 is 10.5 Å². The second-order valence-electron chi connectivity index (χ2n) is 8.04. The van der Waals surface area contributed by atoms with Gasteiger partial charge in [0, 0.05) is 39.1 Å². The highest BCUT2D eigenvalue weighted by molar-refractivity contribution is 7.43. The molecule has 0 N–H and O–H groups in total. The average Bonchev–Trinajstić information content (AvgIpc) is 3.39. The van der Waals surface area contributed by atoms with Gasteiger partial charge in [-0.05, 0) is 62.2 Å². The van der Waals surface area contributed by atoms with Gasteiger partial charge in [-0.3, -0.25) is 0 Å². The lowest BCUT2D eigenvalue weighted by atomic mass is 9.92. The van der Waals surface area contributed by atoms with Gasteiger partial charge < -0.3 is 4.74 Å². The number of fused-ring (bicyclic) bond motifs is 1. The molecule has 4 aromatic rings. The first kappa shape index (κ1) is 20.6. The number of halogens is 2. The number of hydrogen-bond donors (Lipinski definition) is 0. The molecule has 0 saturated heterocycles. The third kappa shape index (κ3) is 3.63. The normalized spacial score (nSPS) is 18.3. The van der Waals surface area contributed by atoms with Crippen molar-refractivity contribution in [3.63, 3.8) is 0 Å². The Bertz CT molecular complexity index is 1350. The van der Waals surface area contributed by atoms with E-state index in [2.05, 4.69) is 24.4 Å². The molecule has 0 saturated carbocycles. The highest BCUT2D eigenvalue weighted by Crippen LogP contribution is 2.43. The minimum Gasteiger partial charge on any atom is -0.446 e. The van der Waals surface area contributed by atoms with Gasteiger partial charge in [0.15, 0.2) is 15.2 Å². The van der Waals surface area contributed by atoms with Crippen LogP contribution in [-0.4, -0.2) is 5.97 Å². The first-order valence-electron chi connectivity index (χ1n) is 10.4. The first-order chi connectivity index (χ1) is 15.4. The predicted octanol–water partition coefficient (Wildman–Crippen LogP) is 7.57. The van der Waals surface area contributed by atoms with Crippen molar-refractivity contribution in [1.82, 2.24) is 0 Å². The Morgan fingerprint density at radius 3 is 2.53 bits per heavy atom. The molecule has 2 nitrogen and oxygen atoms in total. The maximum atomic E-state index is 13.9. The number of esters is 1. The minimum atomic E-state index is -1.17. The van der Waals surface area contributed by atoms with Crippen molar-refractivity contribution in [3.8, 4) is 4.90 Å². The molecule has 160 valence electrons. The summed E-state index contributed by atoms with van der Waals surface area (Å²) in [5.74, 6) is -1.90. The minimum absolute atomic E-state index is 0.262. The van der Waals surface area contributed by atoms with E-state index in [9.17, 15) is 13.6 Å². The SMILES string of the molecule is Cc1c[s+](-c2cccc(C(=O)OC3(c4cc(F)cc(F)c4)C=CCC3)c2)c2ccccc12. The van der Waals surface area contributed by atoms with E-state index in [0.717, 1.165) is 11.0 Å². The van der Waals surface area contributed by atoms with Crippen LogP contribution in [0.1, 0.15) is 34.3 Å². The van der Waals surface area contributed by atoms with E-state index in [1.165, 1.54) is 27.8 Å². The van der Waals surface area contributed by atoms with Gasteiger partial charge in [-0.25, -0.2) is 13.6 Å². The number of rotatable bonds is 4. The van der Waals surface area contributed by atoms with Crippen molar-refractivity contribution >= 4 is 26.5 Å². The van der Waals surface area contributed by atoms with Gasteiger partial charge in [-0.1, -0.05) is 24.3 Å². The van der Waals surface area contributed by atoms with E-state index in [4.69, 9.17) is 4.74 Å². The second-order valence-corrected chi connectivity index (χ2v) is 9.86. The molecular formula is C27H21F2O2S+. The van der Waals surface area contributed by atoms with Gasteiger partial charge in [0.05, 0.1) is 5.56 Å². The van der Waals surface area contributed by atoms with Crippen LogP contribution in [0.15, 0.2) is 84.3 Å². The summed E-state index contributed by atoms with van der Waals surface area (Å²) in [5.41, 5.74) is 0.773. The largest absolute Gasteiger partial charge is 0.446 e. The smallest absolute Gasteiger partial charge is 0.339 e. The number of ether oxygens (including phenoxy) is 1. The van der Waals surface area contributed by atoms with Crippen molar-refractivity contribution in [2.75, 3.05) is 0 Å². The molecule has 0 bridgehead atoms. The third-order valence-corrected chi connectivity index (χ3v) is 8.04. The summed E-state index contributed by atoms with van der Waals surface area (Å²) >= 11 is 0. The molecule has 0 spiro atoms. The fourth-order valence-electron chi connectivity index (χ4n) is 4.30. The second kappa shape index (κ2) is 7.99. The molecule has 1 aliphatic carbocycles. The van der Waals surface area contributed by atoms with Gasteiger partial charge in [0.2, 0.25) is 0 Å². The number of carbonyl (C=O) groups is 1. The number of aryl methyl sites for hydroxylation is 1. The highest BCUT2D eigenvalue weighted by Gasteiger charge is 2.37. The van der Waals surface area contributed by atoms with Crippen molar-refractivity contribution in [2.45, 2.75) is 25.4 Å². The highest BCUT2D eigenvalue weighted by atomic mass is 32.2. The van der Waals surface area contributed by atoms with E-state index < -0.39 is 23.2 Å². The van der Waals surface area contributed by atoms with Gasteiger partial charge >= 0.3 is 5.97 Å². The molecule has 5 rings (SSSR count). The molecule has 0 fully saturated rings. The molecule has 1 aromatic heterocycles. The third-order valence-electron chi connectivity index (χ3n) is 5.86. The van der Waals surface area contributed by atoms with E-state index in [1.807, 2.05) is 36.4 Å². The topological polar surface area (TPSA) is 26.3 Å². The molecule has 2 atom stereocenters. The Morgan fingerprint density at radius 2 is 1.78 bits per heavy atom. The lowest BCUT2D eigenvalue weighted by Gasteiger charge is -2.28. The number of benzene rings is 3. The van der Waals surface area contributed by atoms with Crippen LogP contribution in [0.25, 0.3) is 15.0 Å². The van der Waals surface area contributed by atoms with Crippen LogP contribution in [0, 0.1) is 18.6 Å². The summed E-state index contributed by atoms with van der Waals surface area (Å²) in [4.78, 5) is 14.2. The molecule has 1 heterocycles. The van der Waals surface area contributed by atoms with Gasteiger partial charge in [-0.15, -0.1) is 0 Å². The molecule has 32 heavy (non-hydrogen) atoms. The zero-order valence-electron chi connectivity index (χ0n) is 17.5. The van der Waals surface area contributed by atoms with Crippen molar-refractivity contribution in [1.29, 1.82) is 0 Å². The maximum Gasteiger partial charge on any atom is 0.339 e. The summed E-state index contributed by atoms with van der Waals surface area (Å²) in [6.07, 6.45) is 4.71. The van der Waals surface area contributed by atoms with E-state index in [0.29, 0.717) is 24.0 Å². The van der Waals surface area contributed by atoms with Crippen LogP contribution in [-0.2, 0) is 10.3 Å². The summed E-state index contributed by atoms with van der Waals surface area (Å²) < 4.78 is 34.9. The Balaban J connectivity index is 1.50. The van der Waals surface area contributed by atoms with Gasteiger partial charge in [0.1, 0.15) is 17.0 Å². The lowest BCUT2D eigenvalue weighted by molar-refractivity contribution is 0.00154. The maximum absolute atomic E-state index is 13.9. The zero-order valence-corrected chi connectivity index (χ0v) is 18.3. The monoisotopic (exact) mass is 447 g/mol.